The Kier molecular flexibility index (Phi) is 4.69. The van der Waals surface area contributed by atoms with Gasteiger partial charge in [0.15, 0.2) is 11.6 Å². The second-order valence-corrected chi connectivity index (χ2v) is 3.63. The van der Waals surface area contributed by atoms with Crippen LogP contribution in [-0.4, -0.2) is 13.1 Å². The average Bonchev–Trinajstić information content (AvgIpc) is 2.24. The highest BCUT2D eigenvalue weighted by Crippen LogP contribution is 2.16. The third-order valence-corrected chi connectivity index (χ3v) is 2.41. The van der Waals surface area contributed by atoms with Crippen LogP contribution in [0.1, 0.15) is 24.5 Å². The summed E-state index contributed by atoms with van der Waals surface area (Å²) in [6, 6.07) is 3.29. The van der Waals surface area contributed by atoms with Crippen molar-refractivity contribution in [2.75, 3.05) is 13.1 Å². The Labute approximate surface area is 89.5 Å². The van der Waals surface area contributed by atoms with Gasteiger partial charge in [0, 0.05) is 0 Å². The van der Waals surface area contributed by atoms with Crippen molar-refractivity contribution >= 4 is 0 Å². The van der Waals surface area contributed by atoms with Crippen molar-refractivity contribution in [2.45, 2.75) is 26.7 Å². The zero-order valence-electron chi connectivity index (χ0n) is 9.24. The van der Waals surface area contributed by atoms with Crippen molar-refractivity contribution in [1.82, 2.24) is 5.32 Å². The number of hydrogen-bond acceptors (Lipinski definition) is 1. The maximum Gasteiger partial charge on any atom is 0.162 e. The molecular weight excluding hydrogens is 196 g/mol. The van der Waals surface area contributed by atoms with Gasteiger partial charge in [0.1, 0.15) is 0 Å². The molecule has 0 saturated heterocycles. The smallest absolute Gasteiger partial charge is 0.162 e. The molecular formula is C12H17F2N. The molecule has 0 fully saturated rings. The second-order valence-electron chi connectivity index (χ2n) is 3.63. The highest BCUT2D eigenvalue weighted by atomic mass is 19.2. The summed E-state index contributed by atoms with van der Waals surface area (Å²) in [6.07, 6.45) is 1.41. The van der Waals surface area contributed by atoms with E-state index in [4.69, 9.17) is 0 Å². The van der Waals surface area contributed by atoms with Gasteiger partial charge in [-0.05, 0) is 44.0 Å². The molecule has 1 N–H and O–H groups in total. The second kappa shape index (κ2) is 5.81. The van der Waals surface area contributed by atoms with Gasteiger partial charge in [-0.3, -0.25) is 0 Å². The van der Waals surface area contributed by atoms with Crippen LogP contribution in [-0.2, 0) is 6.42 Å². The monoisotopic (exact) mass is 213 g/mol. The van der Waals surface area contributed by atoms with Gasteiger partial charge in [0.05, 0.1) is 0 Å². The fraction of sp³-hybridized carbons (Fsp3) is 0.500. The molecule has 0 heterocycles. The van der Waals surface area contributed by atoms with Crippen LogP contribution in [0.3, 0.4) is 0 Å². The summed E-state index contributed by atoms with van der Waals surface area (Å²) in [6.45, 7) is 5.34. The lowest BCUT2D eigenvalue weighted by Gasteiger charge is -2.06. The lowest BCUT2D eigenvalue weighted by Crippen LogP contribution is -2.14. The fourth-order valence-electron chi connectivity index (χ4n) is 1.46. The molecule has 1 aromatic rings. The molecule has 0 aliphatic carbocycles. The van der Waals surface area contributed by atoms with Gasteiger partial charge in [0.2, 0.25) is 0 Å². The highest BCUT2D eigenvalue weighted by Gasteiger charge is 2.09. The molecule has 15 heavy (non-hydrogen) atoms. The molecule has 0 radical (unpaired) electrons. The van der Waals surface area contributed by atoms with E-state index >= 15 is 0 Å². The molecule has 0 amide bonds. The summed E-state index contributed by atoms with van der Waals surface area (Å²) in [4.78, 5) is 0. The predicted molar refractivity (Wildman–Crippen MR) is 58.0 cm³/mol. The largest absolute Gasteiger partial charge is 0.317 e. The van der Waals surface area contributed by atoms with Crippen LogP contribution in [0.5, 0.6) is 0 Å². The molecule has 0 unspecified atom stereocenters. The number of halogens is 2. The van der Waals surface area contributed by atoms with Crippen LogP contribution in [0, 0.1) is 18.6 Å². The molecule has 0 saturated carbocycles. The van der Waals surface area contributed by atoms with E-state index in [1.807, 2.05) is 6.92 Å². The minimum Gasteiger partial charge on any atom is -0.317 e. The zero-order chi connectivity index (χ0) is 11.3. The first kappa shape index (κ1) is 12.1. The third-order valence-electron chi connectivity index (χ3n) is 2.41. The van der Waals surface area contributed by atoms with E-state index in [1.54, 1.807) is 19.1 Å². The summed E-state index contributed by atoms with van der Waals surface area (Å²) in [5, 5.41) is 3.15. The van der Waals surface area contributed by atoms with E-state index in [-0.39, 0.29) is 0 Å². The van der Waals surface area contributed by atoms with Crippen molar-refractivity contribution in [1.29, 1.82) is 0 Å². The Morgan fingerprint density at radius 1 is 1.20 bits per heavy atom. The number of rotatable bonds is 5. The van der Waals surface area contributed by atoms with Gasteiger partial charge in [-0.2, -0.15) is 0 Å². The van der Waals surface area contributed by atoms with Crippen LogP contribution >= 0.6 is 0 Å². The summed E-state index contributed by atoms with van der Waals surface area (Å²) >= 11 is 0. The SMILES string of the molecule is CCNCCCc1ccc(C)c(F)c1F. The Morgan fingerprint density at radius 2 is 1.93 bits per heavy atom. The van der Waals surface area contributed by atoms with Crippen molar-refractivity contribution in [3.8, 4) is 0 Å². The normalized spacial score (nSPS) is 10.7. The van der Waals surface area contributed by atoms with E-state index in [2.05, 4.69) is 5.32 Å². The number of hydrogen-bond donors (Lipinski definition) is 1. The predicted octanol–water partition coefficient (Wildman–Crippen LogP) is 2.82. The zero-order valence-corrected chi connectivity index (χ0v) is 9.24. The number of nitrogens with one attached hydrogen (secondary N) is 1. The minimum atomic E-state index is -0.712. The van der Waals surface area contributed by atoms with Gasteiger partial charge in [-0.1, -0.05) is 19.1 Å². The molecule has 0 aromatic heterocycles. The van der Waals surface area contributed by atoms with Crippen molar-refractivity contribution in [3.05, 3.63) is 34.9 Å². The summed E-state index contributed by atoms with van der Waals surface area (Å²) in [5.41, 5.74) is 0.832. The molecule has 3 heteroatoms. The van der Waals surface area contributed by atoms with Gasteiger partial charge < -0.3 is 5.32 Å². The molecule has 0 aliphatic rings. The first-order valence-corrected chi connectivity index (χ1v) is 5.31. The van der Waals surface area contributed by atoms with Gasteiger partial charge in [-0.15, -0.1) is 0 Å². The lowest BCUT2D eigenvalue weighted by atomic mass is 10.1. The third kappa shape index (κ3) is 3.27. The van der Waals surface area contributed by atoms with Gasteiger partial charge >= 0.3 is 0 Å². The molecule has 84 valence electrons. The van der Waals surface area contributed by atoms with E-state index in [1.165, 1.54) is 0 Å². The molecule has 1 nitrogen and oxygen atoms in total. The fourth-order valence-corrected chi connectivity index (χ4v) is 1.46. The van der Waals surface area contributed by atoms with Crippen molar-refractivity contribution in [3.63, 3.8) is 0 Å². The highest BCUT2D eigenvalue weighted by molar-refractivity contribution is 5.25. The van der Waals surface area contributed by atoms with E-state index in [0.29, 0.717) is 17.5 Å². The Morgan fingerprint density at radius 3 is 2.60 bits per heavy atom. The van der Waals surface area contributed by atoms with Crippen LogP contribution in [0.15, 0.2) is 12.1 Å². The molecule has 0 aliphatic heterocycles. The van der Waals surface area contributed by atoms with Gasteiger partial charge in [0.25, 0.3) is 0 Å². The van der Waals surface area contributed by atoms with E-state index < -0.39 is 11.6 Å². The van der Waals surface area contributed by atoms with E-state index in [0.717, 1.165) is 19.5 Å². The Balaban J connectivity index is 2.58. The molecule has 0 bridgehead atoms. The Bertz CT molecular complexity index is 324. The van der Waals surface area contributed by atoms with Crippen LogP contribution < -0.4 is 5.32 Å². The van der Waals surface area contributed by atoms with Crippen molar-refractivity contribution < 1.29 is 8.78 Å². The topological polar surface area (TPSA) is 12.0 Å². The minimum absolute atomic E-state index is 0.364. The number of aryl methyl sites for hydroxylation is 2. The van der Waals surface area contributed by atoms with Crippen molar-refractivity contribution in [2.24, 2.45) is 0 Å². The lowest BCUT2D eigenvalue weighted by molar-refractivity contribution is 0.491. The Hall–Kier alpha value is -0.960. The van der Waals surface area contributed by atoms with Gasteiger partial charge in [-0.25, -0.2) is 8.78 Å². The molecule has 0 atom stereocenters. The van der Waals surface area contributed by atoms with Crippen LogP contribution in [0.2, 0.25) is 0 Å². The first-order chi connectivity index (χ1) is 7.16. The molecule has 1 rings (SSSR count). The molecule has 1 aromatic carbocycles. The quantitative estimate of drug-likeness (QED) is 0.742. The maximum absolute atomic E-state index is 13.4. The first-order valence-electron chi connectivity index (χ1n) is 5.31. The standard InChI is InChI=1S/C12H17F2N/c1-3-15-8-4-5-10-7-6-9(2)11(13)12(10)14/h6-7,15H,3-5,8H2,1-2H3. The van der Waals surface area contributed by atoms with E-state index in [9.17, 15) is 8.78 Å². The maximum atomic E-state index is 13.4. The average molecular weight is 213 g/mol. The van der Waals surface area contributed by atoms with Crippen LogP contribution in [0.25, 0.3) is 0 Å². The molecule has 0 spiro atoms. The van der Waals surface area contributed by atoms with Crippen LogP contribution in [0.4, 0.5) is 8.78 Å². The summed E-state index contributed by atoms with van der Waals surface area (Å²) in [5.74, 6) is -1.40. The number of benzene rings is 1. The summed E-state index contributed by atoms with van der Waals surface area (Å²) in [7, 11) is 0. The summed E-state index contributed by atoms with van der Waals surface area (Å²) < 4.78 is 26.6.